The number of amides is 2. The fourth-order valence-electron chi connectivity index (χ4n) is 3.73. The van der Waals surface area contributed by atoms with Crippen molar-refractivity contribution in [3.63, 3.8) is 0 Å². The molecule has 0 heterocycles. The number of hydrogen-bond acceptors (Lipinski definition) is 5. The van der Waals surface area contributed by atoms with Crippen molar-refractivity contribution in [1.82, 2.24) is 10.6 Å². The molecule has 0 radical (unpaired) electrons. The van der Waals surface area contributed by atoms with Crippen LogP contribution in [0, 0.1) is 17.8 Å². The van der Waals surface area contributed by atoms with Gasteiger partial charge >= 0.3 is 5.97 Å². The van der Waals surface area contributed by atoms with Gasteiger partial charge in [-0.3, -0.25) is 9.59 Å². The zero-order valence-corrected chi connectivity index (χ0v) is 18.6. The molecule has 2 rings (SSSR count). The lowest BCUT2D eigenvalue weighted by Gasteiger charge is -2.34. The van der Waals surface area contributed by atoms with E-state index >= 15 is 0 Å². The van der Waals surface area contributed by atoms with Gasteiger partial charge in [0.2, 0.25) is 0 Å². The normalized spacial score (nSPS) is 22.1. The topological polar surface area (TPSA) is 93.7 Å². The number of nitrogens with one attached hydrogen (secondary N) is 2. The van der Waals surface area contributed by atoms with Crippen LogP contribution in [0.4, 0.5) is 0 Å². The van der Waals surface area contributed by atoms with Crippen LogP contribution in [0.2, 0.25) is 0 Å². The molecule has 1 saturated carbocycles. The highest BCUT2D eigenvalue weighted by atomic mass is 16.5. The lowest BCUT2D eigenvalue weighted by Crippen LogP contribution is -2.48. The maximum absolute atomic E-state index is 12.5. The summed E-state index contributed by atoms with van der Waals surface area (Å²) in [5, 5.41) is 5.69. The Bertz CT molecular complexity index is 732. The van der Waals surface area contributed by atoms with E-state index in [9.17, 15) is 14.4 Å². The highest BCUT2D eigenvalue weighted by Crippen LogP contribution is 2.29. The van der Waals surface area contributed by atoms with Crippen LogP contribution < -0.4 is 15.4 Å². The molecule has 1 aliphatic carbocycles. The minimum Gasteiger partial charge on any atom is -0.497 e. The minimum absolute atomic E-state index is 0.107. The Morgan fingerprint density at radius 2 is 1.77 bits per heavy atom. The number of esters is 1. The van der Waals surface area contributed by atoms with Crippen molar-refractivity contribution in [2.75, 3.05) is 13.7 Å². The first-order valence-corrected chi connectivity index (χ1v) is 10.6. The van der Waals surface area contributed by atoms with Crippen LogP contribution in [0.1, 0.15) is 57.3 Å². The van der Waals surface area contributed by atoms with E-state index in [4.69, 9.17) is 9.47 Å². The van der Waals surface area contributed by atoms with Gasteiger partial charge in [-0.05, 0) is 48.4 Å². The van der Waals surface area contributed by atoms with Crippen molar-refractivity contribution in [3.05, 3.63) is 29.8 Å². The van der Waals surface area contributed by atoms with Crippen LogP contribution in [-0.2, 0) is 14.3 Å². The summed E-state index contributed by atoms with van der Waals surface area (Å²) >= 11 is 0. The van der Waals surface area contributed by atoms with Crippen molar-refractivity contribution in [3.8, 4) is 5.75 Å². The van der Waals surface area contributed by atoms with E-state index in [1.807, 2.05) is 13.8 Å². The predicted molar refractivity (Wildman–Crippen MR) is 114 cm³/mol. The smallest absolute Gasteiger partial charge is 0.329 e. The molecule has 0 saturated heterocycles. The Hall–Kier alpha value is -2.57. The van der Waals surface area contributed by atoms with E-state index in [2.05, 4.69) is 24.5 Å². The van der Waals surface area contributed by atoms with Crippen LogP contribution in [0.25, 0.3) is 0 Å². The number of carbonyl (C=O) groups is 3. The molecule has 30 heavy (non-hydrogen) atoms. The lowest BCUT2D eigenvalue weighted by atomic mass is 9.78. The second kappa shape index (κ2) is 11.0. The average molecular weight is 419 g/mol. The van der Waals surface area contributed by atoms with E-state index in [0.29, 0.717) is 23.1 Å². The van der Waals surface area contributed by atoms with E-state index in [-0.39, 0.29) is 30.4 Å². The fourth-order valence-corrected chi connectivity index (χ4v) is 3.73. The standard InChI is InChI=1S/C23H34N2O5/c1-14(2)21(25-22(27)17-9-11-18(29-5)12-10-17)23(28)30-13-20(26)24-19-8-6-7-15(3)16(19)4/h9-12,14-16,19,21H,6-8,13H2,1-5H3,(H,24,26)(H,25,27)/t15-,16-,19+,21+/m1/s1. The second-order valence-electron chi connectivity index (χ2n) is 8.47. The molecule has 166 valence electrons. The largest absolute Gasteiger partial charge is 0.497 e. The number of benzene rings is 1. The van der Waals surface area contributed by atoms with Crippen LogP contribution in [0.3, 0.4) is 0 Å². The van der Waals surface area contributed by atoms with Gasteiger partial charge in [0.15, 0.2) is 6.61 Å². The third-order valence-electron chi connectivity index (χ3n) is 5.96. The Labute approximate surface area is 178 Å². The van der Waals surface area contributed by atoms with Gasteiger partial charge in [0, 0.05) is 11.6 Å². The molecule has 1 aromatic rings. The van der Waals surface area contributed by atoms with Crippen molar-refractivity contribution in [1.29, 1.82) is 0 Å². The summed E-state index contributed by atoms with van der Waals surface area (Å²) in [7, 11) is 1.55. The molecule has 0 spiro atoms. The number of rotatable bonds is 8. The highest BCUT2D eigenvalue weighted by molar-refractivity contribution is 5.97. The molecule has 0 unspecified atom stereocenters. The quantitative estimate of drug-likeness (QED) is 0.633. The van der Waals surface area contributed by atoms with E-state index in [0.717, 1.165) is 12.8 Å². The number of hydrogen-bond donors (Lipinski definition) is 2. The zero-order chi connectivity index (χ0) is 22.3. The zero-order valence-electron chi connectivity index (χ0n) is 18.6. The maximum atomic E-state index is 12.5. The van der Waals surface area contributed by atoms with Crippen molar-refractivity contribution < 1.29 is 23.9 Å². The SMILES string of the molecule is COc1ccc(C(=O)N[C@H](C(=O)OCC(=O)N[C@H]2CCC[C@@H](C)[C@H]2C)C(C)C)cc1. The molecule has 4 atom stereocenters. The Morgan fingerprint density at radius 3 is 2.37 bits per heavy atom. The molecule has 2 N–H and O–H groups in total. The molecule has 2 amide bonds. The van der Waals surface area contributed by atoms with Gasteiger partial charge in [0.05, 0.1) is 7.11 Å². The van der Waals surface area contributed by atoms with Crippen LogP contribution in [0.5, 0.6) is 5.75 Å². The van der Waals surface area contributed by atoms with Gasteiger partial charge in [0.25, 0.3) is 11.8 Å². The summed E-state index contributed by atoms with van der Waals surface area (Å²) < 4.78 is 10.3. The molecule has 0 aliphatic heterocycles. The van der Waals surface area contributed by atoms with Crippen molar-refractivity contribution in [2.45, 2.75) is 59.0 Å². The monoisotopic (exact) mass is 418 g/mol. The third-order valence-corrected chi connectivity index (χ3v) is 5.96. The molecule has 0 bridgehead atoms. The maximum Gasteiger partial charge on any atom is 0.329 e. The Balaban J connectivity index is 1.88. The fraction of sp³-hybridized carbons (Fsp3) is 0.609. The van der Waals surface area contributed by atoms with Crippen molar-refractivity contribution >= 4 is 17.8 Å². The second-order valence-corrected chi connectivity index (χ2v) is 8.47. The highest BCUT2D eigenvalue weighted by Gasteiger charge is 2.30. The number of carbonyl (C=O) groups excluding carboxylic acids is 3. The van der Waals surface area contributed by atoms with Crippen molar-refractivity contribution in [2.24, 2.45) is 17.8 Å². The molecule has 7 nitrogen and oxygen atoms in total. The van der Waals surface area contributed by atoms with Gasteiger partial charge in [-0.1, -0.05) is 40.5 Å². The Morgan fingerprint density at radius 1 is 1.10 bits per heavy atom. The molecular formula is C23H34N2O5. The van der Waals surface area contributed by atoms with Gasteiger partial charge in [-0.25, -0.2) is 4.79 Å². The molecule has 0 aromatic heterocycles. The average Bonchev–Trinajstić information content (AvgIpc) is 2.73. The summed E-state index contributed by atoms with van der Waals surface area (Å²) in [5.74, 6) is 0.0878. The molecular weight excluding hydrogens is 384 g/mol. The minimum atomic E-state index is -0.846. The van der Waals surface area contributed by atoms with Gasteiger partial charge < -0.3 is 20.1 Å². The first-order chi connectivity index (χ1) is 14.2. The third kappa shape index (κ3) is 6.47. The van der Waals surface area contributed by atoms with E-state index < -0.39 is 12.0 Å². The first-order valence-electron chi connectivity index (χ1n) is 10.6. The van der Waals surface area contributed by atoms with Crippen LogP contribution in [-0.4, -0.2) is 43.6 Å². The number of methoxy groups -OCH3 is 1. The van der Waals surface area contributed by atoms with E-state index in [1.165, 1.54) is 6.42 Å². The predicted octanol–water partition coefficient (Wildman–Crippen LogP) is 2.93. The van der Waals surface area contributed by atoms with Gasteiger partial charge in [-0.2, -0.15) is 0 Å². The first kappa shape index (κ1) is 23.7. The number of ether oxygens (including phenoxy) is 2. The Kier molecular flexibility index (Phi) is 8.69. The molecule has 1 aliphatic rings. The van der Waals surface area contributed by atoms with E-state index in [1.54, 1.807) is 31.4 Å². The molecule has 7 heteroatoms. The summed E-state index contributed by atoms with van der Waals surface area (Å²) in [6.45, 7) is 7.61. The van der Waals surface area contributed by atoms with Crippen LogP contribution >= 0.6 is 0 Å². The summed E-state index contributed by atoms with van der Waals surface area (Å²) in [5.41, 5.74) is 0.410. The summed E-state index contributed by atoms with van der Waals surface area (Å²) in [6.07, 6.45) is 3.20. The lowest BCUT2D eigenvalue weighted by molar-refractivity contribution is -0.151. The molecule has 1 fully saturated rings. The van der Waals surface area contributed by atoms with Gasteiger partial charge in [0.1, 0.15) is 11.8 Å². The van der Waals surface area contributed by atoms with Crippen LogP contribution in [0.15, 0.2) is 24.3 Å². The molecule has 1 aromatic carbocycles. The summed E-state index contributed by atoms with van der Waals surface area (Å²) in [6, 6.07) is 5.86. The summed E-state index contributed by atoms with van der Waals surface area (Å²) in [4.78, 5) is 37.3. The van der Waals surface area contributed by atoms with Gasteiger partial charge in [-0.15, -0.1) is 0 Å².